The summed E-state index contributed by atoms with van der Waals surface area (Å²) in [6, 6.07) is -0.955. The van der Waals surface area contributed by atoms with Crippen LogP contribution >= 0.6 is 0 Å². The highest BCUT2D eigenvalue weighted by molar-refractivity contribution is 5.78. The molecule has 0 saturated heterocycles. The Balaban J connectivity index is 3.35. The van der Waals surface area contributed by atoms with E-state index in [0.717, 1.165) is 4.90 Å². The lowest BCUT2D eigenvalue weighted by molar-refractivity contribution is -0.148. The zero-order valence-electron chi connectivity index (χ0n) is 10.2. The minimum atomic E-state index is -1.69. The van der Waals surface area contributed by atoms with Crippen molar-refractivity contribution in [3.8, 4) is 0 Å². The molecule has 19 heavy (non-hydrogen) atoms. The van der Waals surface area contributed by atoms with Crippen LogP contribution in [0.3, 0.4) is 0 Å². The van der Waals surface area contributed by atoms with Crippen molar-refractivity contribution in [3.63, 3.8) is 0 Å². The second kappa shape index (κ2) is 5.73. The molecule has 1 aromatic carbocycles. The van der Waals surface area contributed by atoms with Gasteiger partial charge in [-0.25, -0.2) is 18.0 Å². The van der Waals surface area contributed by atoms with E-state index in [1.165, 1.54) is 0 Å². The molecular formula is C12H12F3NO3. The number of carboxylic acids is 1. The molecule has 0 radical (unpaired) electrons. The quantitative estimate of drug-likeness (QED) is 0.661. The van der Waals surface area contributed by atoms with Crippen LogP contribution in [0.2, 0.25) is 0 Å². The number of carbonyl (C=O) groups is 2. The Bertz CT molecular complexity index is 482. The van der Waals surface area contributed by atoms with Crippen LogP contribution in [0.1, 0.15) is 25.5 Å². The fraction of sp³-hybridized carbons (Fsp3) is 0.333. The van der Waals surface area contributed by atoms with Crippen molar-refractivity contribution in [2.24, 2.45) is 0 Å². The van der Waals surface area contributed by atoms with Crippen molar-refractivity contribution >= 4 is 12.4 Å². The number of aliphatic carboxylic acids is 1. The lowest BCUT2D eigenvalue weighted by Crippen LogP contribution is -2.38. The van der Waals surface area contributed by atoms with E-state index in [0.29, 0.717) is 12.1 Å². The molecule has 1 N–H and O–H groups in total. The number of benzene rings is 1. The molecule has 1 atom stereocenters. The fourth-order valence-corrected chi connectivity index (χ4v) is 1.66. The molecule has 0 saturated carbocycles. The largest absolute Gasteiger partial charge is 0.479 e. The number of hydrogen-bond donors (Lipinski definition) is 1. The molecule has 4 nitrogen and oxygen atoms in total. The predicted molar refractivity (Wildman–Crippen MR) is 59.7 cm³/mol. The van der Waals surface area contributed by atoms with E-state index in [-0.39, 0.29) is 12.0 Å². The predicted octanol–water partition coefficient (Wildman–Crippen LogP) is 2.10. The molecule has 0 fully saturated rings. The van der Waals surface area contributed by atoms with Crippen molar-refractivity contribution in [3.05, 3.63) is 35.1 Å². The van der Waals surface area contributed by atoms with Gasteiger partial charge in [0, 0.05) is 6.04 Å². The van der Waals surface area contributed by atoms with Crippen LogP contribution in [0, 0.1) is 17.5 Å². The molecule has 0 aliphatic carbocycles. The summed E-state index contributed by atoms with van der Waals surface area (Å²) in [6.45, 7) is 3.08. The van der Waals surface area contributed by atoms with E-state index in [1.807, 2.05) is 0 Å². The first-order valence-electron chi connectivity index (χ1n) is 5.39. The van der Waals surface area contributed by atoms with Crippen LogP contribution in [0.4, 0.5) is 13.2 Å². The zero-order valence-corrected chi connectivity index (χ0v) is 10.2. The Kier molecular flexibility index (Phi) is 4.52. The van der Waals surface area contributed by atoms with Gasteiger partial charge in [0.05, 0.1) is 0 Å². The van der Waals surface area contributed by atoms with E-state index in [9.17, 15) is 22.8 Å². The summed E-state index contributed by atoms with van der Waals surface area (Å²) in [4.78, 5) is 22.9. The summed E-state index contributed by atoms with van der Waals surface area (Å²) < 4.78 is 39.1. The van der Waals surface area contributed by atoms with Crippen LogP contribution in [-0.4, -0.2) is 28.4 Å². The van der Waals surface area contributed by atoms with E-state index in [4.69, 9.17) is 5.11 Å². The number of carboxylic acid groups (broad SMARTS) is 1. The maximum absolute atomic E-state index is 13.1. The van der Waals surface area contributed by atoms with Crippen LogP contribution in [-0.2, 0) is 9.59 Å². The van der Waals surface area contributed by atoms with Gasteiger partial charge >= 0.3 is 5.97 Å². The Morgan fingerprint density at radius 3 is 2.05 bits per heavy atom. The van der Waals surface area contributed by atoms with Crippen molar-refractivity contribution in [1.82, 2.24) is 4.90 Å². The molecule has 0 aliphatic heterocycles. The van der Waals surface area contributed by atoms with Gasteiger partial charge in [0.1, 0.15) is 0 Å². The van der Waals surface area contributed by atoms with Crippen LogP contribution in [0.5, 0.6) is 0 Å². The highest BCUT2D eigenvalue weighted by atomic mass is 19.2. The van der Waals surface area contributed by atoms with Crippen LogP contribution < -0.4 is 0 Å². The molecule has 0 bridgehead atoms. The third-order valence-corrected chi connectivity index (χ3v) is 2.57. The molecule has 1 rings (SSSR count). The van der Waals surface area contributed by atoms with Crippen molar-refractivity contribution < 1.29 is 27.9 Å². The Morgan fingerprint density at radius 2 is 1.74 bits per heavy atom. The summed E-state index contributed by atoms with van der Waals surface area (Å²) >= 11 is 0. The maximum Gasteiger partial charge on any atom is 0.331 e. The van der Waals surface area contributed by atoms with Gasteiger partial charge in [-0.15, -0.1) is 0 Å². The van der Waals surface area contributed by atoms with Gasteiger partial charge in [-0.1, -0.05) is 0 Å². The number of carbonyl (C=O) groups excluding carboxylic acids is 1. The monoisotopic (exact) mass is 275 g/mol. The second-order valence-electron chi connectivity index (χ2n) is 4.19. The third kappa shape index (κ3) is 3.04. The summed E-state index contributed by atoms with van der Waals surface area (Å²) in [6.07, 6.45) is 0.266. The van der Waals surface area contributed by atoms with Gasteiger partial charge in [0.25, 0.3) is 0 Å². The molecule has 1 amide bonds. The van der Waals surface area contributed by atoms with E-state index in [1.54, 1.807) is 13.8 Å². The maximum atomic E-state index is 13.1. The number of amides is 1. The number of rotatable bonds is 5. The molecule has 104 valence electrons. The van der Waals surface area contributed by atoms with Gasteiger partial charge in [-0.3, -0.25) is 4.79 Å². The van der Waals surface area contributed by atoms with Gasteiger partial charge in [-0.05, 0) is 31.5 Å². The van der Waals surface area contributed by atoms with Crippen LogP contribution in [0.25, 0.3) is 0 Å². The number of hydrogen-bond acceptors (Lipinski definition) is 2. The summed E-state index contributed by atoms with van der Waals surface area (Å²) in [5.41, 5.74) is -0.343. The van der Waals surface area contributed by atoms with Gasteiger partial charge in [0.15, 0.2) is 23.5 Å². The van der Waals surface area contributed by atoms with Crippen molar-refractivity contribution in [2.75, 3.05) is 0 Å². The van der Waals surface area contributed by atoms with Gasteiger partial charge in [-0.2, -0.15) is 0 Å². The molecule has 0 spiro atoms. The summed E-state index contributed by atoms with van der Waals surface area (Å²) in [7, 11) is 0. The minimum absolute atomic E-state index is 0.266. The SMILES string of the molecule is CC(C)N(C=O)C(C(=O)O)c1cc(F)c(F)c(F)c1. The molecule has 7 heteroatoms. The van der Waals surface area contributed by atoms with Crippen molar-refractivity contribution in [2.45, 2.75) is 25.9 Å². The average Bonchev–Trinajstić information content (AvgIpc) is 2.31. The Morgan fingerprint density at radius 1 is 1.26 bits per heavy atom. The van der Waals surface area contributed by atoms with Crippen molar-refractivity contribution in [1.29, 1.82) is 0 Å². The molecule has 0 heterocycles. The van der Waals surface area contributed by atoms with E-state index < -0.39 is 35.5 Å². The highest BCUT2D eigenvalue weighted by Gasteiger charge is 2.30. The fourth-order valence-electron chi connectivity index (χ4n) is 1.66. The smallest absolute Gasteiger partial charge is 0.331 e. The third-order valence-electron chi connectivity index (χ3n) is 2.57. The lowest BCUT2D eigenvalue weighted by atomic mass is 10.0. The Labute approximate surface area is 107 Å². The van der Waals surface area contributed by atoms with Crippen LogP contribution in [0.15, 0.2) is 12.1 Å². The minimum Gasteiger partial charge on any atom is -0.479 e. The lowest BCUT2D eigenvalue weighted by Gasteiger charge is -2.28. The first-order valence-corrected chi connectivity index (χ1v) is 5.39. The van der Waals surface area contributed by atoms with Gasteiger partial charge in [0.2, 0.25) is 6.41 Å². The zero-order chi connectivity index (χ0) is 14.7. The molecule has 0 aromatic heterocycles. The molecule has 1 unspecified atom stereocenters. The Hall–Kier alpha value is -2.05. The summed E-state index contributed by atoms with van der Waals surface area (Å²) in [5, 5.41) is 9.09. The molecular weight excluding hydrogens is 263 g/mol. The molecule has 0 aliphatic rings. The topological polar surface area (TPSA) is 57.6 Å². The standard InChI is InChI=1S/C12H12F3NO3/c1-6(2)16(5-17)11(12(18)19)7-3-8(13)10(15)9(14)4-7/h3-6,11H,1-2H3,(H,18,19). The molecule has 1 aromatic rings. The number of halogens is 3. The first-order chi connectivity index (χ1) is 8.79. The van der Waals surface area contributed by atoms with Gasteiger partial charge < -0.3 is 10.0 Å². The van der Waals surface area contributed by atoms with E-state index >= 15 is 0 Å². The first kappa shape index (κ1) is 15.0. The normalized spacial score (nSPS) is 12.3. The highest BCUT2D eigenvalue weighted by Crippen LogP contribution is 2.25. The number of nitrogens with zero attached hydrogens (tertiary/aromatic N) is 1. The summed E-state index contributed by atoms with van der Waals surface area (Å²) in [5.74, 6) is -6.16. The average molecular weight is 275 g/mol. The second-order valence-corrected chi connectivity index (χ2v) is 4.19. The van der Waals surface area contributed by atoms with E-state index in [2.05, 4.69) is 0 Å².